The number of nitrogens with one attached hydrogen (secondary N) is 3. The Morgan fingerprint density at radius 3 is 1.74 bits per heavy atom. The maximum atomic E-state index is 13.3. The normalized spacial score (nSPS) is 13.3. The second kappa shape index (κ2) is 19.2. The van der Waals surface area contributed by atoms with Crippen molar-refractivity contribution in [3.63, 3.8) is 0 Å². The van der Waals surface area contributed by atoms with Crippen molar-refractivity contribution < 1.29 is 29.1 Å². The van der Waals surface area contributed by atoms with Gasteiger partial charge in [0.1, 0.15) is 18.1 Å². The fourth-order valence-electron chi connectivity index (χ4n) is 3.85. The number of nitrogens with zero attached hydrogens (tertiary/aromatic N) is 2. The SMILES string of the molecule is NC(=O)CCC(NC(=O)C(N)CCCN=C(N)N)C(=O)NC(Cc1ccccc1)C(=O)NC(CCCN=C(N)N)C(=O)O. The van der Waals surface area contributed by atoms with Gasteiger partial charge in [-0.25, -0.2) is 4.79 Å². The van der Waals surface area contributed by atoms with Gasteiger partial charge in [-0.2, -0.15) is 0 Å². The summed E-state index contributed by atoms with van der Waals surface area (Å²) in [4.78, 5) is 70.3. The Balaban J connectivity index is 3.08. The van der Waals surface area contributed by atoms with Crippen molar-refractivity contribution in [2.45, 2.75) is 69.1 Å². The van der Waals surface area contributed by atoms with Crippen molar-refractivity contribution in [1.29, 1.82) is 0 Å². The van der Waals surface area contributed by atoms with Crippen molar-refractivity contribution in [2.75, 3.05) is 13.1 Å². The fourth-order valence-corrected chi connectivity index (χ4v) is 3.85. The molecule has 0 saturated carbocycles. The number of benzene rings is 1. The van der Waals surface area contributed by atoms with Gasteiger partial charge in [0, 0.05) is 25.9 Å². The summed E-state index contributed by atoms with van der Waals surface area (Å²) in [5.41, 5.74) is 33.0. The molecule has 0 fully saturated rings. The van der Waals surface area contributed by atoms with Crippen LogP contribution < -0.4 is 50.4 Å². The zero-order chi connectivity index (χ0) is 32.4. The molecule has 1 rings (SSSR count). The highest BCUT2D eigenvalue weighted by molar-refractivity contribution is 5.94. The van der Waals surface area contributed by atoms with Gasteiger partial charge in [0.25, 0.3) is 0 Å². The molecule has 0 aliphatic heterocycles. The van der Waals surface area contributed by atoms with E-state index in [1.807, 2.05) is 0 Å². The number of hydrogen-bond acceptors (Lipinski definition) is 8. The molecule has 238 valence electrons. The predicted octanol–water partition coefficient (Wildman–Crippen LogP) is -3.53. The van der Waals surface area contributed by atoms with Gasteiger partial charge < -0.3 is 55.5 Å². The van der Waals surface area contributed by atoms with E-state index in [1.165, 1.54) is 0 Å². The third kappa shape index (κ3) is 15.6. The number of nitrogens with two attached hydrogens (primary N) is 6. The molecule has 43 heavy (non-hydrogen) atoms. The predicted molar refractivity (Wildman–Crippen MR) is 160 cm³/mol. The Morgan fingerprint density at radius 1 is 0.698 bits per heavy atom. The Morgan fingerprint density at radius 2 is 1.21 bits per heavy atom. The lowest BCUT2D eigenvalue weighted by Crippen LogP contribution is -2.57. The molecular weight excluding hydrogens is 562 g/mol. The van der Waals surface area contributed by atoms with Crippen LogP contribution in [0.15, 0.2) is 40.3 Å². The highest BCUT2D eigenvalue weighted by atomic mass is 16.4. The van der Waals surface area contributed by atoms with Crippen molar-refractivity contribution in [3.05, 3.63) is 35.9 Å². The molecule has 4 unspecified atom stereocenters. The van der Waals surface area contributed by atoms with E-state index in [9.17, 15) is 29.1 Å². The molecule has 17 heteroatoms. The van der Waals surface area contributed by atoms with Crippen molar-refractivity contribution >= 4 is 41.5 Å². The van der Waals surface area contributed by atoms with Crippen molar-refractivity contribution in [1.82, 2.24) is 16.0 Å². The van der Waals surface area contributed by atoms with Crippen LogP contribution in [0.4, 0.5) is 0 Å². The minimum atomic E-state index is -1.29. The molecule has 0 saturated heterocycles. The maximum absolute atomic E-state index is 13.3. The van der Waals surface area contributed by atoms with E-state index < -0.39 is 53.8 Å². The van der Waals surface area contributed by atoms with Crippen LogP contribution >= 0.6 is 0 Å². The van der Waals surface area contributed by atoms with Crippen LogP contribution in [-0.4, -0.2) is 83.9 Å². The van der Waals surface area contributed by atoms with E-state index in [4.69, 9.17) is 34.4 Å². The number of carbonyl (C=O) groups excluding carboxylic acids is 4. The lowest BCUT2D eigenvalue weighted by atomic mass is 10.0. The molecule has 0 spiro atoms. The summed E-state index contributed by atoms with van der Waals surface area (Å²) < 4.78 is 0. The van der Waals surface area contributed by atoms with E-state index in [2.05, 4.69) is 25.9 Å². The third-order valence-electron chi connectivity index (χ3n) is 6.09. The summed E-state index contributed by atoms with van der Waals surface area (Å²) in [6.07, 6.45) is 0.451. The number of guanidine groups is 2. The lowest BCUT2D eigenvalue weighted by Gasteiger charge is -2.25. The summed E-state index contributed by atoms with van der Waals surface area (Å²) in [5.74, 6) is -4.49. The number of carboxylic acid groups (broad SMARTS) is 1. The molecule has 0 aliphatic carbocycles. The monoisotopic (exact) mass is 605 g/mol. The summed E-state index contributed by atoms with van der Waals surface area (Å²) in [6, 6.07) is 3.87. The van der Waals surface area contributed by atoms with E-state index in [0.717, 1.165) is 0 Å². The first-order chi connectivity index (χ1) is 20.3. The van der Waals surface area contributed by atoms with Gasteiger partial charge >= 0.3 is 5.97 Å². The van der Waals surface area contributed by atoms with Crippen LogP contribution in [0.5, 0.6) is 0 Å². The molecule has 0 aliphatic rings. The topological polar surface area (TPSA) is 323 Å². The maximum Gasteiger partial charge on any atom is 0.326 e. The van der Waals surface area contributed by atoms with E-state index in [-0.39, 0.29) is 63.5 Å². The molecule has 0 radical (unpaired) electrons. The van der Waals surface area contributed by atoms with Crippen LogP contribution in [0.1, 0.15) is 44.1 Å². The van der Waals surface area contributed by atoms with Crippen LogP contribution in [0.3, 0.4) is 0 Å². The number of primary amides is 1. The smallest absolute Gasteiger partial charge is 0.326 e. The fraction of sp³-hybridized carbons (Fsp3) is 0.500. The molecule has 0 aromatic heterocycles. The minimum absolute atomic E-state index is 0.000452. The standard InChI is InChI=1S/C26H43N11O6/c27-16(8-4-12-33-25(29)30)21(39)35-17(10-11-20(28)38)22(40)37-19(14-15-6-2-1-3-7-15)23(41)36-18(24(42)43)9-5-13-34-26(31)32/h1-3,6-7,16-19H,4-5,8-14,27H2,(H2,28,38)(H,35,39)(H,36,41)(H,37,40)(H,42,43)(H4,29,30,33)(H4,31,32,34). The highest BCUT2D eigenvalue weighted by Crippen LogP contribution is 2.08. The molecule has 4 atom stereocenters. The van der Waals surface area contributed by atoms with Gasteiger partial charge in [-0.05, 0) is 37.7 Å². The number of hydrogen-bond donors (Lipinski definition) is 10. The Hall–Kier alpha value is -4.93. The number of aliphatic imine (C=N–C) groups is 2. The largest absolute Gasteiger partial charge is 0.480 e. The number of aliphatic carboxylic acids is 1. The summed E-state index contributed by atoms with van der Waals surface area (Å²) >= 11 is 0. The van der Waals surface area contributed by atoms with Gasteiger partial charge in [0.05, 0.1) is 6.04 Å². The molecule has 1 aromatic rings. The van der Waals surface area contributed by atoms with Gasteiger partial charge in [-0.15, -0.1) is 0 Å². The number of carbonyl (C=O) groups is 5. The first-order valence-corrected chi connectivity index (χ1v) is 13.6. The molecule has 4 amide bonds. The third-order valence-corrected chi connectivity index (χ3v) is 6.09. The Labute approximate surface area is 249 Å². The van der Waals surface area contributed by atoms with Crippen LogP contribution in [0.2, 0.25) is 0 Å². The van der Waals surface area contributed by atoms with Gasteiger partial charge in [-0.3, -0.25) is 29.2 Å². The summed E-state index contributed by atoms with van der Waals surface area (Å²) in [6.45, 7) is 0.403. The van der Waals surface area contributed by atoms with Gasteiger partial charge in [-0.1, -0.05) is 30.3 Å². The van der Waals surface area contributed by atoms with Crippen LogP contribution in [0, 0.1) is 0 Å². The zero-order valence-corrected chi connectivity index (χ0v) is 23.9. The first kappa shape index (κ1) is 36.1. The second-order valence-electron chi connectivity index (χ2n) is 9.72. The van der Waals surface area contributed by atoms with Gasteiger partial charge in [0.15, 0.2) is 11.9 Å². The Bertz CT molecular complexity index is 1140. The molecule has 0 heterocycles. The lowest BCUT2D eigenvalue weighted by molar-refractivity contribution is -0.142. The summed E-state index contributed by atoms with van der Waals surface area (Å²) in [5, 5.41) is 17.2. The van der Waals surface area contributed by atoms with Crippen LogP contribution in [0.25, 0.3) is 0 Å². The average Bonchev–Trinajstić information content (AvgIpc) is 2.94. The van der Waals surface area contributed by atoms with Crippen molar-refractivity contribution in [2.24, 2.45) is 44.4 Å². The number of amides is 4. The first-order valence-electron chi connectivity index (χ1n) is 13.6. The average molecular weight is 606 g/mol. The van der Waals surface area contributed by atoms with Crippen molar-refractivity contribution in [3.8, 4) is 0 Å². The molecular formula is C26H43N11O6. The molecule has 17 nitrogen and oxygen atoms in total. The van der Waals surface area contributed by atoms with E-state index >= 15 is 0 Å². The molecule has 0 bridgehead atoms. The second-order valence-corrected chi connectivity index (χ2v) is 9.72. The quantitative estimate of drug-likeness (QED) is 0.0394. The van der Waals surface area contributed by atoms with E-state index in [1.54, 1.807) is 30.3 Å². The molecule has 1 aromatic carbocycles. The molecule has 16 N–H and O–H groups in total. The minimum Gasteiger partial charge on any atom is -0.480 e. The van der Waals surface area contributed by atoms with E-state index in [0.29, 0.717) is 12.0 Å². The zero-order valence-electron chi connectivity index (χ0n) is 23.9. The number of rotatable bonds is 20. The Kier molecular flexibility index (Phi) is 16.1. The van der Waals surface area contributed by atoms with Crippen LogP contribution in [-0.2, 0) is 30.4 Å². The van der Waals surface area contributed by atoms with Gasteiger partial charge in [0.2, 0.25) is 23.6 Å². The highest BCUT2D eigenvalue weighted by Gasteiger charge is 2.30. The number of carboxylic acids is 1. The summed E-state index contributed by atoms with van der Waals surface area (Å²) in [7, 11) is 0.